The van der Waals surface area contributed by atoms with Gasteiger partial charge in [0.1, 0.15) is 0 Å². The summed E-state index contributed by atoms with van der Waals surface area (Å²) in [6.07, 6.45) is 6.02. The van der Waals surface area contributed by atoms with E-state index in [4.69, 9.17) is 0 Å². The van der Waals surface area contributed by atoms with Gasteiger partial charge in [-0.15, -0.1) is 0 Å². The molecule has 1 aromatic heterocycles. The van der Waals surface area contributed by atoms with Crippen LogP contribution in [-0.2, 0) is 19.9 Å². The zero-order valence-electron chi connectivity index (χ0n) is 10.9. The van der Waals surface area contributed by atoms with Crippen molar-refractivity contribution < 1.29 is 0 Å². The Bertz CT molecular complexity index is 485. The SMILES string of the molecule is CCc1cccc(CC(C)c2cncn2C)c1. The Labute approximate surface area is 103 Å². The van der Waals surface area contributed by atoms with Gasteiger partial charge < -0.3 is 4.57 Å². The molecule has 90 valence electrons. The number of aromatic nitrogens is 2. The first kappa shape index (κ1) is 11.9. The molecule has 0 aliphatic heterocycles. The molecule has 1 unspecified atom stereocenters. The molecule has 0 spiro atoms. The van der Waals surface area contributed by atoms with E-state index in [1.54, 1.807) is 0 Å². The van der Waals surface area contributed by atoms with Crippen molar-refractivity contribution in [3.8, 4) is 0 Å². The van der Waals surface area contributed by atoms with Gasteiger partial charge in [0.2, 0.25) is 0 Å². The van der Waals surface area contributed by atoms with Gasteiger partial charge in [-0.05, 0) is 24.0 Å². The third-order valence-corrected chi connectivity index (χ3v) is 3.30. The minimum absolute atomic E-state index is 0.509. The molecule has 0 bridgehead atoms. The van der Waals surface area contributed by atoms with E-state index in [2.05, 4.69) is 54.7 Å². The van der Waals surface area contributed by atoms with Crippen LogP contribution in [0, 0.1) is 0 Å². The largest absolute Gasteiger partial charge is 0.337 e. The smallest absolute Gasteiger partial charge is 0.0945 e. The van der Waals surface area contributed by atoms with E-state index in [0.717, 1.165) is 12.8 Å². The lowest BCUT2D eigenvalue weighted by Crippen LogP contribution is -2.04. The van der Waals surface area contributed by atoms with Crippen LogP contribution in [-0.4, -0.2) is 9.55 Å². The van der Waals surface area contributed by atoms with E-state index < -0.39 is 0 Å². The molecular formula is C15H20N2. The van der Waals surface area contributed by atoms with Gasteiger partial charge in [0.05, 0.1) is 6.33 Å². The summed E-state index contributed by atoms with van der Waals surface area (Å²) in [5.74, 6) is 0.509. The predicted octanol–water partition coefficient (Wildman–Crippen LogP) is 3.33. The molecule has 0 fully saturated rings. The minimum Gasteiger partial charge on any atom is -0.337 e. The topological polar surface area (TPSA) is 17.8 Å². The monoisotopic (exact) mass is 228 g/mol. The number of hydrogen-bond acceptors (Lipinski definition) is 1. The third-order valence-electron chi connectivity index (χ3n) is 3.30. The standard InChI is InChI=1S/C15H20N2/c1-4-13-6-5-7-14(9-13)8-12(2)15-10-16-11-17(15)3/h5-7,9-12H,4,8H2,1-3H3. The van der Waals surface area contributed by atoms with Gasteiger partial charge in [0.25, 0.3) is 0 Å². The van der Waals surface area contributed by atoms with Crippen molar-refractivity contribution in [2.45, 2.75) is 32.6 Å². The van der Waals surface area contributed by atoms with Crippen LogP contribution in [0.1, 0.15) is 36.6 Å². The van der Waals surface area contributed by atoms with Gasteiger partial charge in [-0.2, -0.15) is 0 Å². The maximum atomic E-state index is 4.18. The summed E-state index contributed by atoms with van der Waals surface area (Å²) in [6.45, 7) is 4.46. The lowest BCUT2D eigenvalue weighted by molar-refractivity contribution is 0.682. The molecule has 1 heterocycles. The Kier molecular flexibility index (Phi) is 3.62. The zero-order chi connectivity index (χ0) is 12.3. The first-order chi connectivity index (χ1) is 8.20. The summed E-state index contributed by atoms with van der Waals surface area (Å²) >= 11 is 0. The van der Waals surface area contributed by atoms with Crippen LogP contribution in [0.3, 0.4) is 0 Å². The highest BCUT2D eigenvalue weighted by molar-refractivity contribution is 5.25. The van der Waals surface area contributed by atoms with Gasteiger partial charge in [0.15, 0.2) is 0 Å². The molecule has 2 rings (SSSR count). The van der Waals surface area contributed by atoms with Crippen LogP contribution in [0.5, 0.6) is 0 Å². The van der Waals surface area contributed by atoms with E-state index in [1.165, 1.54) is 16.8 Å². The summed E-state index contributed by atoms with van der Waals surface area (Å²) in [6, 6.07) is 8.88. The van der Waals surface area contributed by atoms with Crippen molar-refractivity contribution in [2.24, 2.45) is 7.05 Å². The number of nitrogens with zero attached hydrogens (tertiary/aromatic N) is 2. The number of hydrogen-bond donors (Lipinski definition) is 0. The van der Waals surface area contributed by atoms with E-state index in [9.17, 15) is 0 Å². The number of imidazole rings is 1. The molecule has 2 aromatic rings. The van der Waals surface area contributed by atoms with Crippen molar-refractivity contribution in [3.63, 3.8) is 0 Å². The molecule has 0 amide bonds. The highest BCUT2D eigenvalue weighted by Gasteiger charge is 2.10. The third kappa shape index (κ3) is 2.76. The quantitative estimate of drug-likeness (QED) is 0.785. The van der Waals surface area contributed by atoms with Crippen molar-refractivity contribution >= 4 is 0 Å². The Morgan fingerprint density at radius 3 is 2.71 bits per heavy atom. The maximum absolute atomic E-state index is 4.18. The lowest BCUT2D eigenvalue weighted by Gasteiger charge is -2.12. The summed E-state index contributed by atoms with van der Waals surface area (Å²) in [4.78, 5) is 4.18. The second-order valence-corrected chi connectivity index (χ2v) is 4.71. The summed E-state index contributed by atoms with van der Waals surface area (Å²) in [5.41, 5.74) is 4.13. The van der Waals surface area contributed by atoms with E-state index >= 15 is 0 Å². The Morgan fingerprint density at radius 2 is 2.06 bits per heavy atom. The molecule has 0 aliphatic rings. The van der Waals surface area contributed by atoms with Crippen LogP contribution in [0.2, 0.25) is 0 Å². The molecule has 17 heavy (non-hydrogen) atoms. The molecule has 0 saturated carbocycles. The van der Waals surface area contributed by atoms with Gasteiger partial charge in [0, 0.05) is 24.9 Å². The van der Waals surface area contributed by atoms with Gasteiger partial charge in [-0.25, -0.2) is 4.98 Å². The molecule has 0 saturated heterocycles. The van der Waals surface area contributed by atoms with Crippen molar-refractivity contribution in [1.82, 2.24) is 9.55 Å². The van der Waals surface area contributed by atoms with E-state index in [-0.39, 0.29) is 0 Å². The van der Waals surface area contributed by atoms with E-state index in [1.807, 2.05) is 12.5 Å². The molecule has 0 aliphatic carbocycles. The van der Waals surface area contributed by atoms with Gasteiger partial charge in [-0.1, -0.05) is 38.1 Å². The van der Waals surface area contributed by atoms with Crippen LogP contribution >= 0.6 is 0 Å². The maximum Gasteiger partial charge on any atom is 0.0945 e. The fraction of sp³-hybridized carbons (Fsp3) is 0.400. The average Bonchev–Trinajstić information content (AvgIpc) is 2.76. The summed E-state index contributed by atoms with van der Waals surface area (Å²) in [5, 5.41) is 0. The second-order valence-electron chi connectivity index (χ2n) is 4.71. The van der Waals surface area contributed by atoms with Crippen molar-refractivity contribution in [1.29, 1.82) is 0 Å². The molecule has 1 atom stereocenters. The Hall–Kier alpha value is -1.57. The van der Waals surface area contributed by atoms with Crippen LogP contribution < -0.4 is 0 Å². The van der Waals surface area contributed by atoms with Crippen LogP contribution in [0.25, 0.3) is 0 Å². The molecular weight excluding hydrogens is 208 g/mol. The van der Waals surface area contributed by atoms with E-state index in [0.29, 0.717) is 5.92 Å². The highest BCUT2D eigenvalue weighted by atomic mass is 15.0. The normalized spacial score (nSPS) is 12.6. The van der Waals surface area contributed by atoms with Crippen molar-refractivity contribution in [3.05, 3.63) is 53.6 Å². The first-order valence-electron chi connectivity index (χ1n) is 6.24. The molecule has 2 nitrogen and oxygen atoms in total. The average molecular weight is 228 g/mol. The fourth-order valence-electron chi connectivity index (χ4n) is 2.28. The lowest BCUT2D eigenvalue weighted by atomic mass is 9.97. The van der Waals surface area contributed by atoms with Crippen LogP contribution in [0.4, 0.5) is 0 Å². The molecule has 0 radical (unpaired) electrons. The van der Waals surface area contributed by atoms with Crippen LogP contribution in [0.15, 0.2) is 36.8 Å². The number of rotatable bonds is 4. The van der Waals surface area contributed by atoms with Gasteiger partial charge in [-0.3, -0.25) is 0 Å². The predicted molar refractivity (Wildman–Crippen MR) is 71.1 cm³/mol. The summed E-state index contributed by atoms with van der Waals surface area (Å²) in [7, 11) is 2.06. The Balaban J connectivity index is 2.13. The molecule has 0 N–H and O–H groups in total. The summed E-state index contributed by atoms with van der Waals surface area (Å²) < 4.78 is 2.11. The van der Waals surface area contributed by atoms with Gasteiger partial charge >= 0.3 is 0 Å². The molecule has 1 aromatic carbocycles. The zero-order valence-corrected chi connectivity index (χ0v) is 10.9. The number of aryl methyl sites for hydroxylation is 2. The first-order valence-corrected chi connectivity index (χ1v) is 6.24. The minimum atomic E-state index is 0.509. The Morgan fingerprint density at radius 1 is 1.29 bits per heavy atom. The highest BCUT2D eigenvalue weighted by Crippen LogP contribution is 2.20. The second kappa shape index (κ2) is 5.17. The number of benzene rings is 1. The fourth-order valence-corrected chi connectivity index (χ4v) is 2.28. The molecule has 2 heteroatoms. The van der Waals surface area contributed by atoms with Crippen molar-refractivity contribution in [2.75, 3.05) is 0 Å².